The van der Waals surface area contributed by atoms with Crippen molar-refractivity contribution in [1.29, 1.82) is 0 Å². The average molecular weight is 284 g/mol. The number of hydrogen-bond acceptors (Lipinski definition) is 6. The van der Waals surface area contributed by atoms with Gasteiger partial charge >= 0.3 is 0 Å². The van der Waals surface area contributed by atoms with Crippen molar-refractivity contribution < 1.29 is 4.79 Å². The van der Waals surface area contributed by atoms with Gasteiger partial charge in [-0.1, -0.05) is 6.07 Å². The van der Waals surface area contributed by atoms with Crippen molar-refractivity contribution in [3.8, 4) is 0 Å². The molecule has 0 bridgehead atoms. The molecule has 0 radical (unpaired) electrons. The number of amides is 1. The van der Waals surface area contributed by atoms with Crippen molar-refractivity contribution in [2.24, 2.45) is 0 Å². The first-order valence-corrected chi connectivity index (χ1v) is 6.80. The van der Waals surface area contributed by atoms with E-state index in [1.54, 1.807) is 6.20 Å². The molecule has 1 aromatic heterocycles. The van der Waals surface area contributed by atoms with Gasteiger partial charge in [0.15, 0.2) is 5.82 Å². The van der Waals surface area contributed by atoms with Gasteiger partial charge in [0.2, 0.25) is 11.9 Å². The summed E-state index contributed by atoms with van der Waals surface area (Å²) in [5.74, 6) is 1.03. The fourth-order valence-corrected chi connectivity index (χ4v) is 1.86. The Balaban J connectivity index is 1.71. The number of carbonyl (C=O) groups excluding carboxylic acids is 1. The second kappa shape index (κ2) is 5.74. The van der Waals surface area contributed by atoms with Crippen LogP contribution in [0.5, 0.6) is 0 Å². The summed E-state index contributed by atoms with van der Waals surface area (Å²) in [6, 6.07) is 7.88. The minimum absolute atomic E-state index is 0.105. The quantitative estimate of drug-likeness (QED) is 0.779. The predicted octanol–water partition coefficient (Wildman–Crippen LogP) is 2.15. The predicted molar refractivity (Wildman–Crippen MR) is 80.5 cm³/mol. The lowest BCUT2D eigenvalue weighted by Crippen LogP contribution is -2.08. The maximum absolute atomic E-state index is 11.1. The van der Waals surface area contributed by atoms with Gasteiger partial charge in [0.25, 0.3) is 0 Å². The van der Waals surface area contributed by atoms with Crippen LogP contribution < -0.4 is 16.0 Å². The zero-order valence-corrected chi connectivity index (χ0v) is 11.6. The monoisotopic (exact) mass is 284 g/mol. The van der Waals surface area contributed by atoms with Crippen molar-refractivity contribution in [2.75, 3.05) is 16.0 Å². The first kappa shape index (κ1) is 13.3. The number of benzene rings is 1. The van der Waals surface area contributed by atoms with Crippen LogP contribution in [0.25, 0.3) is 0 Å². The van der Waals surface area contributed by atoms with E-state index in [1.807, 2.05) is 24.3 Å². The Bertz CT molecular complexity index is 655. The highest BCUT2D eigenvalue weighted by Gasteiger charge is 2.22. The topological polar surface area (TPSA) is 91.8 Å². The van der Waals surface area contributed by atoms with Crippen LogP contribution in [-0.2, 0) is 4.79 Å². The molecule has 7 nitrogen and oxygen atoms in total. The Morgan fingerprint density at radius 1 is 1.29 bits per heavy atom. The highest BCUT2D eigenvalue weighted by Crippen LogP contribution is 2.23. The second-order valence-corrected chi connectivity index (χ2v) is 4.97. The second-order valence-electron chi connectivity index (χ2n) is 4.97. The molecule has 0 spiro atoms. The SMILES string of the molecule is CC(=O)Nc1cccc(Nc2cnnc(NC3CC3)n2)c1. The molecule has 2 aromatic rings. The molecule has 7 heteroatoms. The van der Waals surface area contributed by atoms with E-state index in [9.17, 15) is 4.79 Å². The van der Waals surface area contributed by atoms with Gasteiger partial charge in [0.1, 0.15) is 0 Å². The summed E-state index contributed by atoms with van der Waals surface area (Å²) in [4.78, 5) is 15.4. The molecular weight excluding hydrogens is 268 g/mol. The maximum Gasteiger partial charge on any atom is 0.244 e. The number of nitrogens with zero attached hydrogens (tertiary/aromatic N) is 3. The Kier molecular flexibility index (Phi) is 3.63. The standard InChI is InChI=1S/C14H16N6O/c1-9(21)16-11-3-2-4-12(7-11)17-13-8-15-20-14(19-13)18-10-5-6-10/h2-4,7-8,10H,5-6H2,1H3,(H,16,21)(H2,17,18,19,20). The number of hydrogen-bond donors (Lipinski definition) is 3. The highest BCUT2D eigenvalue weighted by molar-refractivity contribution is 5.89. The van der Waals surface area contributed by atoms with Gasteiger partial charge in [-0.3, -0.25) is 4.79 Å². The van der Waals surface area contributed by atoms with Gasteiger partial charge in [0.05, 0.1) is 6.20 Å². The first-order chi connectivity index (χ1) is 10.2. The van der Waals surface area contributed by atoms with Crippen LogP contribution in [0.4, 0.5) is 23.1 Å². The van der Waals surface area contributed by atoms with Crippen LogP contribution in [0.2, 0.25) is 0 Å². The van der Waals surface area contributed by atoms with E-state index in [0.717, 1.165) is 24.2 Å². The summed E-state index contributed by atoms with van der Waals surface area (Å²) in [7, 11) is 0. The molecule has 1 aromatic carbocycles. The molecule has 1 aliphatic rings. The van der Waals surface area contributed by atoms with E-state index >= 15 is 0 Å². The van der Waals surface area contributed by atoms with Gasteiger partial charge in [0, 0.05) is 24.3 Å². The molecule has 0 atom stereocenters. The van der Waals surface area contributed by atoms with Crippen molar-refractivity contribution in [3.63, 3.8) is 0 Å². The third kappa shape index (κ3) is 3.88. The third-order valence-electron chi connectivity index (χ3n) is 2.92. The molecule has 1 heterocycles. The number of rotatable bonds is 5. The Labute approximate surface area is 122 Å². The fraction of sp³-hybridized carbons (Fsp3) is 0.286. The number of aromatic nitrogens is 3. The number of carbonyl (C=O) groups is 1. The minimum Gasteiger partial charge on any atom is -0.350 e. The van der Waals surface area contributed by atoms with Crippen LogP contribution >= 0.6 is 0 Å². The smallest absolute Gasteiger partial charge is 0.244 e. The van der Waals surface area contributed by atoms with Crippen LogP contribution in [0.15, 0.2) is 30.5 Å². The summed E-state index contributed by atoms with van der Waals surface area (Å²) in [6.07, 6.45) is 3.86. The first-order valence-electron chi connectivity index (χ1n) is 6.80. The Morgan fingerprint density at radius 3 is 2.86 bits per heavy atom. The summed E-state index contributed by atoms with van der Waals surface area (Å²) in [5.41, 5.74) is 1.55. The lowest BCUT2D eigenvalue weighted by molar-refractivity contribution is -0.114. The number of anilines is 4. The fourth-order valence-electron chi connectivity index (χ4n) is 1.86. The van der Waals surface area contributed by atoms with E-state index in [-0.39, 0.29) is 5.91 Å². The zero-order valence-electron chi connectivity index (χ0n) is 11.6. The lowest BCUT2D eigenvalue weighted by Gasteiger charge is -2.09. The molecule has 0 aliphatic heterocycles. The maximum atomic E-state index is 11.1. The van der Waals surface area contributed by atoms with Gasteiger partial charge in [-0.05, 0) is 31.0 Å². The van der Waals surface area contributed by atoms with Crippen molar-refractivity contribution >= 4 is 29.0 Å². The largest absolute Gasteiger partial charge is 0.350 e. The molecular formula is C14H16N6O. The Morgan fingerprint density at radius 2 is 2.10 bits per heavy atom. The van der Waals surface area contributed by atoms with Crippen molar-refractivity contribution in [1.82, 2.24) is 15.2 Å². The lowest BCUT2D eigenvalue weighted by atomic mass is 10.2. The normalized spacial score (nSPS) is 13.6. The number of nitrogens with one attached hydrogen (secondary N) is 3. The third-order valence-corrected chi connectivity index (χ3v) is 2.92. The van der Waals surface area contributed by atoms with E-state index in [0.29, 0.717) is 17.8 Å². The van der Waals surface area contributed by atoms with Crippen LogP contribution in [0.3, 0.4) is 0 Å². The molecule has 3 N–H and O–H groups in total. The molecule has 1 aliphatic carbocycles. The van der Waals surface area contributed by atoms with Crippen LogP contribution in [0, 0.1) is 0 Å². The summed E-state index contributed by atoms with van der Waals surface area (Å²) >= 11 is 0. The molecule has 1 saturated carbocycles. The minimum atomic E-state index is -0.105. The van der Waals surface area contributed by atoms with Gasteiger partial charge in [-0.2, -0.15) is 10.1 Å². The zero-order chi connectivity index (χ0) is 14.7. The van der Waals surface area contributed by atoms with Crippen LogP contribution in [-0.4, -0.2) is 27.1 Å². The highest BCUT2D eigenvalue weighted by atomic mass is 16.1. The average Bonchev–Trinajstić information content (AvgIpc) is 3.22. The Hall–Kier alpha value is -2.70. The molecule has 21 heavy (non-hydrogen) atoms. The summed E-state index contributed by atoms with van der Waals surface area (Å²) < 4.78 is 0. The van der Waals surface area contributed by atoms with E-state index < -0.39 is 0 Å². The molecule has 0 unspecified atom stereocenters. The van der Waals surface area contributed by atoms with E-state index in [2.05, 4.69) is 31.1 Å². The van der Waals surface area contributed by atoms with E-state index in [4.69, 9.17) is 0 Å². The van der Waals surface area contributed by atoms with E-state index in [1.165, 1.54) is 6.92 Å². The van der Waals surface area contributed by atoms with Gasteiger partial charge < -0.3 is 16.0 Å². The summed E-state index contributed by atoms with van der Waals surface area (Å²) in [5, 5.41) is 17.0. The van der Waals surface area contributed by atoms with Crippen molar-refractivity contribution in [3.05, 3.63) is 30.5 Å². The van der Waals surface area contributed by atoms with Gasteiger partial charge in [-0.25, -0.2) is 0 Å². The molecule has 3 rings (SSSR count). The van der Waals surface area contributed by atoms with Crippen LogP contribution in [0.1, 0.15) is 19.8 Å². The molecule has 0 saturated heterocycles. The van der Waals surface area contributed by atoms with Crippen molar-refractivity contribution in [2.45, 2.75) is 25.8 Å². The molecule has 108 valence electrons. The summed E-state index contributed by atoms with van der Waals surface area (Å²) in [6.45, 7) is 1.48. The van der Waals surface area contributed by atoms with Gasteiger partial charge in [-0.15, -0.1) is 5.10 Å². The molecule has 1 amide bonds. The molecule has 1 fully saturated rings.